The summed E-state index contributed by atoms with van der Waals surface area (Å²) in [7, 11) is -3.67. The van der Waals surface area contributed by atoms with Gasteiger partial charge in [-0.3, -0.25) is 0 Å². The van der Waals surface area contributed by atoms with Crippen molar-refractivity contribution in [3.63, 3.8) is 0 Å². The quantitative estimate of drug-likeness (QED) is 0.820. The molecule has 1 aromatic carbocycles. The largest absolute Gasteiger partial charge is 0.387 e. The van der Waals surface area contributed by atoms with Crippen LogP contribution in [0.3, 0.4) is 0 Å². The first-order valence-corrected chi connectivity index (χ1v) is 9.08. The highest BCUT2D eigenvalue weighted by Gasteiger charge is 2.20. The maximum atomic E-state index is 12.8. The zero-order valence-corrected chi connectivity index (χ0v) is 14.2. The number of sulfonamides is 1. The van der Waals surface area contributed by atoms with Crippen LogP contribution in [0, 0.1) is 12.7 Å². The molecule has 0 saturated carbocycles. The molecule has 0 spiro atoms. The number of nitrogens with one attached hydrogen (secondary N) is 1. The minimum Gasteiger partial charge on any atom is -0.387 e. The Labute approximate surface area is 134 Å². The van der Waals surface area contributed by atoms with Crippen LogP contribution in [0.25, 0.3) is 0 Å². The number of halogens is 2. The van der Waals surface area contributed by atoms with Gasteiger partial charge in [0.2, 0.25) is 10.0 Å². The molecule has 2 aromatic rings. The molecule has 0 aliphatic heterocycles. The number of rotatable bonds is 5. The first-order valence-electron chi connectivity index (χ1n) is 5.99. The second-order valence-corrected chi connectivity index (χ2v) is 8.81. The van der Waals surface area contributed by atoms with Crippen LogP contribution >= 0.6 is 27.3 Å². The lowest BCUT2D eigenvalue weighted by Crippen LogP contribution is -2.28. The smallest absolute Gasteiger partial charge is 0.250 e. The Balaban J connectivity index is 2.06. The van der Waals surface area contributed by atoms with Gasteiger partial charge >= 0.3 is 0 Å². The lowest BCUT2D eigenvalue weighted by Gasteiger charge is -2.12. The van der Waals surface area contributed by atoms with Gasteiger partial charge in [0.05, 0.1) is 9.89 Å². The molecule has 1 heterocycles. The number of aliphatic hydroxyl groups excluding tert-OH is 1. The molecule has 0 bridgehead atoms. The molecular weight excluding hydrogens is 381 g/mol. The summed E-state index contributed by atoms with van der Waals surface area (Å²) in [5.74, 6) is -0.412. The van der Waals surface area contributed by atoms with Gasteiger partial charge in [-0.15, -0.1) is 11.3 Å². The summed E-state index contributed by atoms with van der Waals surface area (Å²) >= 11 is 4.38. The lowest BCUT2D eigenvalue weighted by atomic mass is 10.1. The summed E-state index contributed by atoms with van der Waals surface area (Å²) in [5, 5.41) is 9.93. The zero-order chi connectivity index (χ0) is 15.6. The third-order valence-electron chi connectivity index (χ3n) is 2.82. The Morgan fingerprint density at radius 3 is 2.52 bits per heavy atom. The zero-order valence-electron chi connectivity index (χ0n) is 11.0. The maximum Gasteiger partial charge on any atom is 0.250 e. The molecule has 114 valence electrons. The number of aryl methyl sites for hydroxylation is 1. The molecule has 0 amide bonds. The molecule has 0 radical (unpaired) electrons. The molecule has 1 aromatic heterocycles. The molecule has 1 atom stereocenters. The number of hydrogen-bond donors (Lipinski definition) is 2. The van der Waals surface area contributed by atoms with E-state index in [1.165, 1.54) is 24.3 Å². The van der Waals surface area contributed by atoms with Crippen molar-refractivity contribution in [3.8, 4) is 0 Å². The fourth-order valence-corrected chi connectivity index (χ4v) is 4.94. The molecule has 0 saturated heterocycles. The monoisotopic (exact) mass is 393 g/mol. The third-order valence-corrected chi connectivity index (χ3v) is 6.85. The molecule has 2 rings (SSSR count). The van der Waals surface area contributed by atoms with E-state index >= 15 is 0 Å². The summed E-state index contributed by atoms with van der Waals surface area (Å²) in [5.41, 5.74) is 1.28. The van der Waals surface area contributed by atoms with E-state index in [2.05, 4.69) is 20.7 Å². The topological polar surface area (TPSA) is 66.4 Å². The van der Waals surface area contributed by atoms with Crippen LogP contribution in [0.4, 0.5) is 4.39 Å². The van der Waals surface area contributed by atoms with Crippen LogP contribution in [-0.4, -0.2) is 20.1 Å². The Hall–Kier alpha value is -0.800. The fourth-order valence-electron chi connectivity index (χ4n) is 1.63. The second-order valence-electron chi connectivity index (χ2n) is 4.44. The summed E-state index contributed by atoms with van der Waals surface area (Å²) < 4.78 is 40.3. The van der Waals surface area contributed by atoms with Gasteiger partial charge in [0.25, 0.3) is 0 Å². The van der Waals surface area contributed by atoms with Crippen LogP contribution in [0.2, 0.25) is 0 Å². The minimum atomic E-state index is -3.67. The molecule has 21 heavy (non-hydrogen) atoms. The van der Waals surface area contributed by atoms with Gasteiger partial charge in [-0.05, 0) is 52.2 Å². The normalized spacial score (nSPS) is 13.3. The molecule has 0 aliphatic carbocycles. The molecule has 2 N–H and O–H groups in total. The van der Waals surface area contributed by atoms with Crippen LogP contribution in [-0.2, 0) is 10.0 Å². The Morgan fingerprint density at radius 2 is 2.00 bits per heavy atom. The maximum absolute atomic E-state index is 12.8. The first kappa shape index (κ1) is 16.6. The number of thiophene rings is 1. The highest BCUT2D eigenvalue weighted by atomic mass is 79.9. The fraction of sp³-hybridized carbons (Fsp3) is 0.231. The molecule has 1 unspecified atom stereocenters. The van der Waals surface area contributed by atoms with Crippen LogP contribution in [0.15, 0.2) is 38.3 Å². The van der Waals surface area contributed by atoms with E-state index in [0.717, 1.165) is 20.7 Å². The van der Waals surface area contributed by atoms with E-state index in [1.54, 1.807) is 13.0 Å². The van der Waals surface area contributed by atoms with Crippen molar-refractivity contribution in [2.24, 2.45) is 0 Å². The van der Waals surface area contributed by atoms with Crippen LogP contribution in [0.5, 0.6) is 0 Å². The van der Waals surface area contributed by atoms with E-state index in [0.29, 0.717) is 5.56 Å². The van der Waals surface area contributed by atoms with Crippen LogP contribution in [0.1, 0.15) is 17.2 Å². The highest BCUT2D eigenvalue weighted by Crippen LogP contribution is 2.30. The van der Waals surface area contributed by atoms with Gasteiger partial charge in [-0.25, -0.2) is 17.5 Å². The molecule has 8 heteroatoms. The van der Waals surface area contributed by atoms with Gasteiger partial charge < -0.3 is 5.11 Å². The van der Waals surface area contributed by atoms with Crippen molar-refractivity contribution < 1.29 is 17.9 Å². The predicted molar refractivity (Wildman–Crippen MR) is 83.3 cm³/mol. The summed E-state index contributed by atoms with van der Waals surface area (Å²) in [6, 6.07) is 6.82. The van der Waals surface area contributed by atoms with E-state index in [4.69, 9.17) is 0 Å². The van der Waals surface area contributed by atoms with Gasteiger partial charge in [-0.2, -0.15) is 0 Å². The molecule has 0 fully saturated rings. The number of hydrogen-bond acceptors (Lipinski definition) is 4. The molecule has 4 nitrogen and oxygen atoms in total. The highest BCUT2D eigenvalue weighted by molar-refractivity contribution is 9.11. The lowest BCUT2D eigenvalue weighted by molar-refractivity contribution is 0.182. The van der Waals surface area contributed by atoms with Crippen molar-refractivity contribution >= 4 is 37.3 Å². The van der Waals surface area contributed by atoms with Gasteiger partial charge in [0.15, 0.2) is 0 Å². The predicted octanol–water partition coefficient (Wildman–Crippen LogP) is 2.97. The molecule has 0 aliphatic rings. The van der Waals surface area contributed by atoms with Crippen molar-refractivity contribution in [2.45, 2.75) is 17.2 Å². The van der Waals surface area contributed by atoms with E-state index in [1.807, 2.05) is 0 Å². The molecular formula is C13H13BrFNO3S2. The van der Waals surface area contributed by atoms with E-state index in [-0.39, 0.29) is 10.8 Å². The van der Waals surface area contributed by atoms with Crippen molar-refractivity contribution in [1.82, 2.24) is 4.72 Å². The van der Waals surface area contributed by atoms with Crippen molar-refractivity contribution in [3.05, 3.63) is 51.1 Å². The van der Waals surface area contributed by atoms with Gasteiger partial charge in [0.1, 0.15) is 10.0 Å². The van der Waals surface area contributed by atoms with Gasteiger partial charge in [0, 0.05) is 6.54 Å². The second kappa shape index (κ2) is 6.53. The first-order chi connectivity index (χ1) is 9.79. The summed E-state index contributed by atoms with van der Waals surface area (Å²) in [6.07, 6.45) is -1.04. The Kier molecular flexibility index (Phi) is 5.15. The Morgan fingerprint density at radius 1 is 1.38 bits per heavy atom. The van der Waals surface area contributed by atoms with Gasteiger partial charge in [-0.1, -0.05) is 12.1 Å². The number of benzene rings is 1. The van der Waals surface area contributed by atoms with Crippen LogP contribution < -0.4 is 4.72 Å². The average molecular weight is 394 g/mol. The van der Waals surface area contributed by atoms with E-state index < -0.39 is 21.9 Å². The SMILES string of the molecule is Cc1cc(S(=O)(=O)NCC(O)c2ccc(F)cc2)sc1Br. The minimum absolute atomic E-state index is 0.178. The number of aliphatic hydroxyl groups is 1. The summed E-state index contributed by atoms with van der Waals surface area (Å²) in [4.78, 5) is 0. The summed E-state index contributed by atoms with van der Waals surface area (Å²) in [6.45, 7) is 1.62. The Bertz CT molecular complexity index is 709. The average Bonchev–Trinajstić information content (AvgIpc) is 2.78. The van der Waals surface area contributed by atoms with Crippen molar-refractivity contribution in [1.29, 1.82) is 0 Å². The third kappa shape index (κ3) is 4.10. The van der Waals surface area contributed by atoms with E-state index in [9.17, 15) is 17.9 Å². The standard InChI is InChI=1S/C13H13BrFNO3S2/c1-8-6-12(20-13(8)14)21(18,19)16-7-11(17)9-2-4-10(15)5-3-9/h2-6,11,16-17H,7H2,1H3. The van der Waals surface area contributed by atoms with Crippen molar-refractivity contribution in [2.75, 3.05) is 6.54 Å².